The van der Waals surface area contributed by atoms with Gasteiger partial charge in [0, 0.05) is 6.42 Å². The number of nitrogens with two attached hydrogens (primary N) is 1. The predicted octanol–water partition coefficient (Wildman–Crippen LogP) is 0.307. The molecule has 14 heavy (non-hydrogen) atoms. The standard InChI is InChI=1S/C10H15NO3/c11-8(5-12)10(13)14-9-4-6-1-2-7(9)3-6/h6,8,12H,1-5,11H2/t6?,8-/m0/s1. The van der Waals surface area contributed by atoms with E-state index in [1.807, 2.05) is 0 Å². The third-order valence-corrected chi connectivity index (χ3v) is 2.98. The zero-order valence-corrected chi connectivity index (χ0v) is 8.03. The first kappa shape index (κ1) is 9.68. The number of hydrogen-bond donors (Lipinski definition) is 2. The summed E-state index contributed by atoms with van der Waals surface area (Å²) in [6.45, 7) is -0.356. The summed E-state index contributed by atoms with van der Waals surface area (Å²) in [5, 5.41) is 8.67. The van der Waals surface area contributed by atoms with Gasteiger partial charge in [0.15, 0.2) is 0 Å². The number of carbonyl (C=O) groups excluding carboxylic acids is 1. The molecule has 1 fully saturated rings. The molecule has 0 aromatic carbocycles. The summed E-state index contributed by atoms with van der Waals surface area (Å²) in [5.41, 5.74) is 6.62. The SMILES string of the molecule is N[C@@H](CO)C(=O)OC1=C2CCC(C2)C1. The van der Waals surface area contributed by atoms with Crippen molar-refractivity contribution in [1.29, 1.82) is 0 Å². The Kier molecular flexibility index (Phi) is 2.56. The van der Waals surface area contributed by atoms with Gasteiger partial charge >= 0.3 is 5.97 Å². The van der Waals surface area contributed by atoms with Crippen molar-refractivity contribution in [2.45, 2.75) is 31.7 Å². The van der Waals surface area contributed by atoms with Gasteiger partial charge in [-0.3, -0.25) is 0 Å². The van der Waals surface area contributed by atoms with Gasteiger partial charge < -0.3 is 15.6 Å². The highest BCUT2D eigenvalue weighted by molar-refractivity contribution is 5.76. The molecule has 0 aromatic heterocycles. The molecule has 2 atom stereocenters. The van der Waals surface area contributed by atoms with Crippen LogP contribution in [0.2, 0.25) is 0 Å². The summed E-state index contributed by atoms with van der Waals surface area (Å²) in [4.78, 5) is 11.3. The number of aliphatic hydroxyl groups excluding tert-OH is 1. The van der Waals surface area contributed by atoms with Crippen LogP contribution in [0.5, 0.6) is 0 Å². The summed E-state index contributed by atoms with van der Waals surface area (Å²) < 4.78 is 5.15. The van der Waals surface area contributed by atoms with Crippen LogP contribution in [0.1, 0.15) is 25.7 Å². The lowest BCUT2D eigenvalue weighted by Crippen LogP contribution is -2.35. The summed E-state index contributed by atoms with van der Waals surface area (Å²) in [5.74, 6) is 0.982. The Morgan fingerprint density at radius 2 is 2.43 bits per heavy atom. The highest BCUT2D eigenvalue weighted by Gasteiger charge is 2.33. The summed E-state index contributed by atoms with van der Waals surface area (Å²) in [6, 6.07) is -0.901. The van der Waals surface area contributed by atoms with Crippen LogP contribution in [-0.4, -0.2) is 23.7 Å². The molecule has 1 unspecified atom stereocenters. The van der Waals surface area contributed by atoms with Crippen LogP contribution in [-0.2, 0) is 9.53 Å². The van der Waals surface area contributed by atoms with Gasteiger partial charge in [0.25, 0.3) is 0 Å². The average molecular weight is 197 g/mol. The molecule has 2 aliphatic rings. The fraction of sp³-hybridized carbons (Fsp3) is 0.700. The molecule has 0 spiro atoms. The van der Waals surface area contributed by atoms with E-state index in [1.54, 1.807) is 0 Å². The molecular weight excluding hydrogens is 182 g/mol. The Balaban J connectivity index is 1.95. The minimum Gasteiger partial charge on any atom is -0.430 e. The molecule has 0 aliphatic heterocycles. The molecule has 0 heterocycles. The van der Waals surface area contributed by atoms with E-state index in [0.29, 0.717) is 5.92 Å². The van der Waals surface area contributed by atoms with Crippen LogP contribution in [0.15, 0.2) is 11.3 Å². The maximum Gasteiger partial charge on any atom is 0.330 e. The van der Waals surface area contributed by atoms with Gasteiger partial charge in [-0.1, -0.05) is 0 Å². The molecule has 2 bridgehead atoms. The van der Waals surface area contributed by atoms with E-state index in [2.05, 4.69) is 0 Å². The van der Waals surface area contributed by atoms with Gasteiger partial charge in [0.05, 0.1) is 6.61 Å². The molecule has 4 heteroatoms. The molecule has 78 valence electrons. The summed E-state index contributed by atoms with van der Waals surface area (Å²) >= 11 is 0. The Morgan fingerprint density at radius 3 is 2.93 bits per heavy atom. The average Bonchev–Trinajstić information content (AvgIpc) is 2.77. The van der Waals surface area contributed by atoms with Crippen molar-refractivity contribution in [3.63, 3.8) is 0 Å². The minimum atomic E-state index is -0.901. The topological polar surface area (TPSA) is 72.5 Å². The Morgan fingerprint density at radius 1 is 1.64 bits per heavy atom. The summed E-state index contributed by atoms with van der Waals surface area (Å²) in [7, 11) is 0. The van der Waals surface area contributed by atoms with Crippen molar-refractivity contribution in [3.05, 3.63) is 11.3 Å². The molecular formula is C10H15NO3. The third-order valence-electron chi connectivity index (χ3n) is 2.98. The van der Waals surface area contributed by atoms with Crippen molar-refractivity contribution < 1.29 is 14.6 Å². The molecule has 1 saturated carbocycles. The van der Waals surface area contributed by atoms with Crippen LogP contribution < -0.4 is 5.73 Å². The Hall–Kier alpha value is -0.870. The normalized spacial score (nSPS) is 26.9. The zero-order valence-electron chi connectivity index (χ0n) is 8.03. The van der Waals surface area contributed by atoms with E-state index < -0.39 is 12.0 Å². The second kappa shape index (κ2) is 3.71. The van der Waals surface area contributed by atoms with Crippen LogP contribution in [0.4, 0.5) is 0 Å². The number of aliphatic hydroxyl groups is 1. The number of fused-ring (bicyclic) bond motifs is 2. The van der Waals surface area contributed by atoms with Crippen LogP contribution in [0.25, 0.3) is 0 Å². The maximum atomic E-state index is 11.3. The van der Waals surface area contributed by atoms with E-state index in [0.717, 1.165) is 25.0 Å². The largest absolute Gasteiger partial charge is 0.430 e. The second-order valence-electron chi connectivity index (χ2n) is 4.05. The molecule has 2 aliphatic carbocycles. The first-order chi connectivity index (χ1) is 6.70. The molecule has 0 radical (unpaired) electrons. The quantitative estimate of drug-likeness (QED) is 0.638. The minimum absolute atomic E-state index is 0.356. The fourth-order valence-corrected chi connectivity index (χ4v) is 2.15. The van der Waals surface area contributed by atoms with E-state index in [1.165, 1.54) is 12.0 Å². The van der Waals surface area contributed by atoms with Gasteiger partial charge in [-0.25, -0.2) is 4.79 Å². The first-order valence-corrected chi connectivity index (χ1v) is 4.99. The Bertz CT molecular complexity index is 285. The second-order valence-corrected chi connectivity index (χ2v) is 4.05. The first-order valence-electron chi connectivity index (χ1n) is 4.99. The highest BCUT2D eigenvalue weighted by atomic mass is 16.5. The Labute approximate surface area is 82.7 Å². The number of ether oxygens (including phenoxy) is 1. The predicted molar refractivity (Wildman–Crippen MR) is 50.1 cm³/mol. The van der Waals surface area contributed by atoms with Gasteiger partial charge in [-0.05, 0) is 30.8 Å². The molecule has 0 amide bonds. The van der Waals surface area contributed by atoms with Gasteiger partial charge in [0.2, 0.25) is 0 Å². The van der Waals surface area contributed by atoms with Crippen molar-refractivity contribution in [3.8, 4) is 0 Å². The number of esters is 1. The molecule has 0 aromatic rings. The highest BCUT2D eigenvalue weighted by Crippen LogP contribution is 2.44. The van der Waals surface area contributed by atoms with E-state index in [9.17, 15) is 4.79 Å². The molecule has 4 nitrogen and oxygen atoms in total. The van der Waals surface area contributed by atoms with Crippen LogP contribution >= 0.6 is 0 Å². The smallest absolute Gasteiger partial charge is 0.330 e. The van der Waals surface area contributed by atoms with Crippen LogP contribution in [0, 0.1) is 5.92 Å². The molecule has 0 saturated heterocycles. The van der Waals surface area contributed by atoms with E-state index >= 15 is 0 Å². The fourth-order valence-electron chi connectivity index (χ4n) is 2.15. The van der Waals surface area contributed by atoms with Gasteiger partial charge in [-0.15, -0.1) is 0 Å². The number of allylic oxidation sites excluding steroid dienone is 2. The maximum absolute atomic E-state index is 11.3. The van der Waals surface area contributed by atoms with Crippen molar-refractivity contribution in [2.75, 3.05) is 6.61 Å². The van der Waals surface area contributed by atoms with Crippen molar-refractivity contribution in [1.82, 2.24) is 0 Å². The lowest BCUT2D eigenvalue weighted by atomic mass is 10.1. The monoisotopic (exact) mass is 197 g/mol. The van der Waals surface area contributed by atoms with Gasteiger partial charge in [0.1, 0.15) is 11.8 Å². The molecule has 2 rings (SSSR count). The third kappa shape index (κ3) is 1.67. The zero-order chi connectivity index (χ0) is 10.1. The number of rotatable bonds is 3. The van der Waals surface area contributed by atoms with Crippen LogP contribution in [0.3, 0.4) is 0 Å². The van der Waals surface area contributed by atoms with Crippen molar-refractivity contribution in [2.24, 2.45) is 11.7 Å². The number of hydrogen-bond acceptors (Lipinski definition) is 4. The lowest BCUT2D eigenvalue weighted by molar-refractivity contribution is -0.142. The summed E-state index contributed by atoms with van der Waals surface area (Å²) in [6.07, 6.45) is 4.24. The number of carbonyl (C=O) groups is 1. The van der Waals surface area contributed by atoms with Crippen molar-refractivity contribution >= 4 is 5.97 Å². The lowest BCUT2D eigenvalue weighted by Gasteiger charge is -2.14. The molecule has 3 N–H and O–H groups in total. The van der Waals surface area contributed by atoms with Gasteiger partial charge in [-0.2, -0.15) is 0 Å². The van der Waals surface area contributed by atoms with E-state index in [-0.39, 0.29) is 6.61 Å². The van der Waals surface area contributed by atoms with E-state index in [4.69, 9.17) is 15.6 Å².